The van der Waals surface area contributed by atoms with Crippen molar-refractivity contribution >= 4 is 0 Å². The third-order valence-corrected chi connectivity index (χ3v) is 10.4. The maximum absolute atomic E-state index is 5.43. The van der Waals surface area contributed by atoms with E-state index in [1.165, 1.54) is 200 Å². The SMILES string of the molecule is C#C.C#CCCCCCCN(CCCCCCC#C)CCCCN1CCN(CCCCN(CCCCCCC#C)CCCCCCC#C)C(C)C1.CC. The standard InChI is InChI=1S/C45H78N4.C2H6.C2H2/c1-6-10-14-18-22-26-34-46(35-27-23-19-15-11-7-2)38-30-31-40-48-42-43-49(45(5)44-48)41-33-32-39-47(36-28-24-20-16-12-8-3)37-29-25-21-17-13-9-4;2*1-2/h1-4,45H,10-44H2,5H3;1-2H3;1-2H. The molecule has 0 spiro atoms. The molecule has 1 aliphatic rings. The molecule has 1 aliphatic heterocycles. The summed E-state index contributed by atoms with van der Waals surface area (Å²) in [6, 6.07) is 0.663. The summed E-state index contributed by atoms with van der Waals surface area (Å²) in [7, 11) is 0. The molecule has 0 aliphatic carbocycles. The molecular weight excluding hydrogens is 645 g/mol. The number of terminal acetylenes is 5. The largest absolute Gasteiger partial charge is 0.303 e. The van der Waals surface area contributed by atoms with Crippen LogP contribution in [0.25, 0.3) is 0 Å². The minimum atomic E-state index is 0.663. The quantitative estimate of drug-likeness (QED) is 0.0483. The van der Waals surface area contributed by atoms with E-state index in [4.69, 9.17) is 25.7 Å². The summed E-state index contributed by atoms with van der Waals surface area (Å²) in [5.74, 6) is 11.1. The van der Waals surface area contributed by atoms with E-state index in [2.05, 4.69) is 63.1 Å². The molecule has 0 amide bonds. The Morgan fingerprint density at radius 1 is 0.434 bits per heavy atom. The van der Waals surface area contributed by atoms with Gasteiger partial charge in [0, 0.05) is 51.4 Å². The summed E-state index contributed by atoms with van der Waals surface area (Å²) in [5.41, 5.74) is 0. The van der Waals surface area contributed by atoms with Gasteiger partial charge in [0.25, 0.3) is 0 Å². The highest BCUT2D eigenvalue weighted by molar-refractivity contribution is 4.84. The Hall–Kier alpha value is -2.36. The Balaban J connectivity index is 0. The van der Waals surface area contributed by atoms with Gasteiger partial charge in [0.05, 0.1) is 0 Å². The van der Waals surface area contributed by atoms with Crippen molar-refractivity contribution in [2.45, 2.75) is 181 Å². The van der Waals surface area contributed by atoms with Gasteiger partial charge in [-0.2, -0.15) is 0 Å². The highest BCUT2D eigenvalue weighted by Gasteiger charge is 2.23. The van der Waals surface area contributed by atoms with Crippen molar-refractivity contribution < 1.29 is 0 Å². The first-order valence-corrected chi connectivity index (χ1v) is 22.1. The van der Waals surface area contributed by atoms with Crippen LogP contribution in [-0.4, -0.2) is 97.6 Å². The van der Waals surface area contributed by atoms with Crippen molar-refractivity contribution in [1.29, 1.82) is 0 Å². The van der Waals surface area contributed by atoms with Gasteiger partial charge >= 0.3 is 0 Å². The molecule has 0 aromatic carbocycles. The highest BCUT2D eigenvalue weighted by atomic mass is 15.3. The lowest BCUT2D eigenvalue weighted by Crippen LogP contribution is -2.52. The number of nitrogens with zero attached hydrogens (tertiary/aromatic N) is 4. The number of hydrogen-bond acceptors (Lipinski definition) is 4. The topological polar surface area (TPSA) is 13.0 Å². The Morgan fingerprint density at radius 3 is 1.06 bits per heavy atom. The fourth-order valence-electron chi connectivity index (χ4n) is 7.26. The monoisotopic (exact) mass is 731 g/mol. The fraction of sp³-hybridized carbons (Fsp3) is 0.796. The molecule has 1 heterocycles. The molecule has 1 atom stereocenters. The molecule has 0 aromatic rings. The number of piperazine rings is 1. The molecule has 4 nitrogen and oxygen atoms in total. The molecule has 0 N–H and O–H groups in total. The van der Waals surface area contributed by atoms with E-state index in [1.54, 1.807) is 0 Å². The molecule has 1 rings (SSSR count). The molecule has 1 fully saturated rings. The lowest BCUT2D eigenvalue weighted by Gasteiger charge is -2.40. The molecule has 0 aromatic heterocycles. The molecule has 302 valence electrons. The second kappa shape index (κ2) is 44.0. The van der Waals surface area contributed by atoms with Crippen molar-refractivity contribution in [3.8, 4) is 62.2 Å². The Labute approximate surface area is 333 Å². The molecular formula is C49H86N4. The van der Waals surface area contributed by atoms with E-state index in [1.807, 2.05) is 13.8 Å². The highest BCUT2D eigenvalue weighted by Crippen LogP contribution is 2.14. The second-order valence-electron chi connectivity index (χ2n) is 14.8. The molecule has 0 radical (unpaired) electrons. The Bertz CT molecular complexity index is 891. The van der Waals surface area contributed by atoms with Gasteiger partial charge in [0.2, 0.25) is 0 Å². The molecule has 1 unspecified atom stereocenters. The van der Waals surface area contributed by atoms with Crippen molar-refractivity contribution in [2.24, 2.45) is 0 Å². The van der Waals surface area contributed by atoms with Crippen LogP contribution < -0.4 is 0 Å². The third-order valence-electron chi connectivity index (χ3n) is 10.4. The maximum atomic E-state index is 5.43. The van der Waals surface area contributed by atoms with E-state index in [9.17, 15) is 0 Å². The normalized spacial score (nSPS) is 14.3. The maximum Gasteiger partial charge on any atom is 0.0195 e. The van der Waals surface area contributed by atoms with Crippen LogP contribution in [0.1, 0.15) is 175 Å². The first-order chi connectivity index (χ1) is 26.1. The van der Waals surface area contributed by atoms with Crippen LogP contribution in [0.5, 0.6) is 0 Å². The van der Waals surface area contributed by atoms with Gasteiger partial charge in [0.1, 0.15) is 0 Å². The van der Waals surface area contributed by atoms with Crippen LogP contribution in [0.15, 0.2) is 0 Å². The first kappa shape index (κ1) is 52.7. The van der Waals surface area contributed by atoms with E-state index in [0.29, 0.717) is 6.04 Å². The van der Waals surface area contributed by atoms with Crippen LogP contribution >= 0.6 is 0 Å². The third kappa shape index (κ3) is 35.1. The predicted octanol–water partition coefficient (Wildman–Crippen LogP) is 10.8. The van der Waals surface area contributed by atoms with Gasteiger partial charge < -0.3 is 14.7 Å². The molecule has 0 saturated carbocycles. The molecule has 1 saturated heterocycles. The predicted molar refractivity (Wildman–Crippen MR) is 238 cm³/mol. The molecule has 4 heteroatoms. The Kier molecular flexibility index (Phi) is 43.8. The van der Waals surface area contributed by atoms with Crippen molar-refractivity contribution in [2.75, 3.05) is 72.0 Å². The van der Waals surface area contributed by atoms with Gasteiger partial charge in [-0.1, -0.05) is 65.2 Å². The summed E-state index contributed by atoms with van der Waals surface area (Å²) in [6.07, 6.45) is 59.0. The fourth-order valence-corrected chi connectivity index (χ4v) is 7.26. The van der Waals surface area contributed by atoms with E-state index in [-0.39, 0.29) is 0 Å². The minimum absolute atomic E-state index is 0.663. The summed E-state index contributed by atoms with van der Waals surface area (Å²) < 4.78 is 0. The van der Waals surface area contributed by atoms with Gasteiger partial charge in [-0.25, -0.2) is 0 Å². The summed E-state index contributed by atoms with van der Waals surface area (Å²) in [4.78, 5) is 11.0. The van der Waals surface area contributed by atoms with E-state index < -0.39 is 0 Å². The summed E-state index contributed by atoms with van der Waals surface area (Å²) >= 11 is 0. The zero-order chi connectivity index (χ0) is 39.5. The van der Waals surface area contributed by atoms with Crippen LogP contribution in [0.4, 0.5) is 0 Å². The molecule has 0 bridgehead atoms. The summed E-state index contributed by atoms with van der Waals surface area (Å²) in [6.45, 7) is 20.1. The summed E-state index contributed by atoms with van der Waals surface area (Å²) in [5, 5.41) is 0. The number of rotatable bonds is 34. The van der Waals surface area contributed by atoms with Crippen molar-refractivity contribution in [1.82, 2.24) is 19.6 Å². The number of unbranched alkanes of at least 4 members (excludes halogenated alkanes) is 18. The minimum Gasteiger partial charge on any atom is -0.303 e. The van der Waals surface area contributed by atoms with Crippen LogP contribution in [0.3, 0.4) is 0 Å². The average Bonchev–Trinajstić information content (AvgIpc) is 3.18. The van der Waals surface area contributed by atoms with Gasteiger partial charge in [-0.05, 0) is 136 Å². The van der Waals surface area contributed by atoms with Crippen molar-refractivity contribution in [3.63, 3.8) is 0 Å². The van der Waals surface area contributed by atoms with Crippen LogP contribution in [0.2, 0.25) is 0 Å². The lowest BCUT2D eigenvalue weighted by molar-refractivity contribution is 0.0795. The van der Waals surface area contributed by atoms with Gasteiger partial charge in [-0.3, -0.25) is 4.90 Å². The smallest absolute Gasteiger partial charge is 0.0195 e. The van der Waals surface area contributed by atoms with E-state index >= 15 is 0 Å². The average molecular weight is 731 g/mol. The van der Waals surface area contributed by atoms with Gasteiger partial charge in [0.15, 0.2) is 0 Å². The molecule has 53 heavy (non-hydrogen) atoms. The van der Waals surface area contributed by atoms with E-state index in [0.717, 1.165) is 25.7 Å². The zero-order valence-electron chi connectivity index (χ0n) is 35.6. The van der Waals surface area contributed by atoms with Crippen LogP contribution in [0, 0.1) is 62.2 Å². The Morgan fingerprint density at radius 2 is 0.736 bits per heavy atom. The van der Waals surface area contributed by atoms with Crippen LogP contribution in [-0.2, 0) is 0 Å². The zero-order valence-corrected chi connectivity index (χ0v) is 35.6. The number of hydrogen-bond donors (Lipinski definition) is 0. The van der Waals surface area contributed by atoms with Crippen molar-refractivity contribution in [3.05, 3.63) is 0 Å². The second-order valence-corrected chi connectivity index (χ2v) is 14.8. The first-order valence-electron chi connectivity index (χ1n) is 22.1. The van der Waals surface area contributed by atoms with Gasteiger partial charge in [-0.15, -0.1) is 62.2 Å². The lowest BCUT2D eigenvalue weighted by atomic mass is 10.1.